The van der Waals surface area contributed by atoms with Gasteiger partial charge in [-0.05, 0) is 47.9 Å². The lowest BCUT2D eigenvalue weighted by atomic mass is 9.80. The van der Waals surface area contributed by atoms with Crippen molar-refractivity contribution in [1.82, 2.24) is 25.1 Å². The molecule has 1 aromatic rings. The van der Waals surface area contributed by atoms with Gasteiger partial charge in [0.2, 0.25) is 0 Å². The van der Waals surface area contributed by atoms with Gasteiger partial charge in [-0.1, -0.05) is 19.3 Å². The van der Waals surface area contributed by atoms with Crippen molar-refractivity contribution in [1.29, 1.82) is 0 Å². The standard InChI is InChI=1S/C15H24N6O/c16-13-9-20(8-12(13)11-4-5-11)14(22)15(6-2-1-3-7-15)21-10-17-18-19-21/h10-13H,1-9,16H2. The summed E-state index contributed by atoms with van der Waals surface area (Å²) in [5.41, 5.74) is 5.72. The zero-order valence-corrected chi connectivity index (χ0v) is 12.9. The van der Waals surface area contributed by atoms with Crippen LogP contribution in [0, 0.1) is 11.8 Å². The molecule has 7 nitrogen and oxygen atoms in total. The van der Waals surface area contributed by atoms with E-state index < -0.39 is 5.54 Å². The fraction of sp³-hybridized carbons (Fsp3) is 0.867. The van der Waals surface area contributed by atoms with Crippen molar-refractivity contribution in [3.8, 4) is 0 Å². The summed E-state index contributed by atoms with van der Waals surface area (Å²) >= 11 is 0. The van der Waals surface area contributed by atoms with Crippen LogP contribution in [0.2, 0.25) is 0 Å². The zero-order valence-electron chi connectivity index (χ0n) is 12.9. The quantitative estimate of drug-likeness (QED) is 0.879. The molecule has 3 fully saturated rings. The van der Waals surface area contributed by atoms with Gasteiger partial charge in [-0.25, -0.2) is 4.68 Å². The molecule has 7 heteroatoms. The minimum atomic E-state index is -0.583. The molecule has 22 heavy (non-hydrogen) atoms. The molecule has 3 aliphatic rings. The molecule has 0 bridgehead atoms. The van der Waals surface area contributed by atoms with Gasteiger partial charge in [0.05, 0.1) is 0 Å². The molecule has 1 aromatic heterocycles. The van der Waals surface area contributed by atoms with Crippen LogP contribution in [0.3, 0.4) is 0 Å². The number of nitrogens with two attached hydrogens (primary N) is 1. The number of carbonyl (C=O) groups is 1. The van der Waals surface area contributed by atoms with Crippen LogP contribution in [0.4, 0.5) is 0 Å². The third kappa shape index (κ3) is 2.22. The topological polar surface area (TPSA) is 89.9 Å². The van der Waals surface area contributed by atoms with Gasteiger partial charge in [0.25, 0.3) is 5.91 Å². The predicted molar refractivity (Wildman–Crippen MR) is 79.6 cm³/mol. The van der Waals surface area contributed by atoms with E-state index in [1.165, 1.54) is 19.3 Å². The summed E-state index contributed by atoms with van der Waals surface area (Å²) in [7, 11) is 0. The van der Waals surface area contributed by atoms with Crippen LogP contribution in [-0.4, -0.2) is 50.1 Å². The molecule has 2 N–H and O–H groups in total. The maximum Gasteiger partial charge on any atom is 0.250 e. The van der Waals surface area contributed by atoms with Crippen molar-refractivity contribution in [3.05, 3.63) is 6.33 Å². The van der Waals surface area contributed by atoms with Crippen molar-refractivity contribution >= 4 is 5.91 Å². The van der Waals surface area contributed by atoms with Gasteiger partial charge in [-0.2, -0.15) is 0 Å². The molecule has 1 saturated heterocycles. The van der Waals surface area contributed by atoms with Crippen molar-refractivity contribution in [2.75, 3.05) is 13.1 Å². The average molecular weight is 304 g/mol. The molecule has 2 heterocycles. The maximum atomic E-state index is 13.3. The number of amides is 1. The lowest BCUT2D eigenvalue weighted by molar-refractivity contribution is -0.142. The van der Waals surface area contributed by atoms with Crippen LogP contribution >= 0.6 is 0 Å². The fourth-order valence-corrected chi connectivity index (χ4v) is 4.37. The largest absolute Gasteiger partial charge is 0.339 e. The molecular formula is C15H24N6O. The minimum absolute atomic E-state index is 0.131. The Labute approximate surface area is 130 Å². The van der Waals surface area contributed by atoms with E-state index in [9.17, 15) is 4.79 Å². The van der Waals surface area contributed by atoms with E-state index in [1.54, 1.807) is 11.0 Å². The molecule has 1 aliphatic heterocycles. The van der Waals surface area contributed by atoms with Gasteiger partial charge in [0.15, 0.2) is 0 Å². The number of hydrogen-bond donors (Lipinski definition) is 1. The first-order valence-electron chi connectivity index (χ1n) is 8.49. The van der Waals surface area contributed by atoms with Crippen LogP contribution in [0.5, 0.6) is 0 Å². The SMILES string of the molecule is NC1CN(C(=O)C2(n3cnnn3)CCCCC2)CC1C1CC1. The van der Waals surface area contributed by atoms with Crippen LogP contribution in [0.25, 0.3) is 0 Å². The van der Waals surface area contributed by atoms with Crippen LogP contribution in [-0.2, 0) is 10.3 Å². The molecule has 2 saturated carbocycles. The Morgan fingerprint density at radius 1 is 1.18 bits per heavy atom. The first-order valence-corrected chi connectivity index (χ1v) is 8.49. The van der Waals surface area contributed by atoms with Crippen molar-refractivity contribution in [2.45, 2.75) is 56.5 Å². The smallest absolute Gasteiger partial charge is 0.250 e. The maximum absolute atomic E-state index is 13.3. The zero-order chi connectivity index (χ0) is 15.2. The second-order valence-electron chi connectivity index (χ2n) is 7.22. The summed E-state index contributed by atoms with van der Waals surface area (Å²) in [4.78, 5) is 15.3. The summed E-state index contributed by atoms with van der Waals surface area (Å²) in [5.74, 6) is 1.40. The van der Waals surface area contributed by atoms with Gasteiger partial charge in [-0.3, -0.25) is 4.79 Å². The third-order valence-electron chi connectivity index (χ3n) is 5.79. The molecular weight excluding hydrogens is 280 g/mol. The molecule has 0 aromatic carbocycles. The summed E-state index contributed by atoms with van der Waals surface area (Å²) in [5, 5.41) is 11.6. The molecule has 2 atom stereocenters. The van der Waals surface area contributed by atoms with E-state index in [1.807, 2.05) is 4.90 Å². The molecule has 4 rings (SSSR count). The van der Waals surface area contributed by atoms with Crippen molar-refractivity contribution < 1.29 is 4.79 Å². The highest BCUT2D eigenvalue weighted by molar-refractivity contribution is 5.85. The van der Waals surface area contributed by atoms with Crippen LogP contribution in [0.15, 0.2) is 6.33 Å². The number of likely N-dealkylation sites (tertiary alicyclic amines) is 1. The molecule has 2 unspecified atom stereocenters. The minimum Gasteiger partial charge on any atom is -0.339 e. The monoisotopic (exact) mass is 304 g/mol. The number of rotatable bonds is 3. The summed E-state index contributed by atoms with van der Waals surface area (Å²) in [6.07, 6.45) is 9.10. The second kappa shape index (κ2) is 5.30. The highest BCUT2D eigenvalue weighted by atomic mass is 16.2. The second-order valence-corrected chi connectivity index (χ2v) is 7.22. The van der Waals surface area contributed by atoms with Crippen LogP contribution < -0.4 is 5.73 Å². The van der Waals surface area contributed by atoms with Gasteiger partial charge in [0, 0.05) is 19.1 Å². The lowest BCUT2D eigenvalue weighted by Crippen LogP contribution is -2.52. The van der Waals surface area contributed by atoms with Crippen LogP contribution in [0.1, 0.15) is 44.9 Å². The van der Waals surface area contributed by atoms with Gasteiger partial charge < -0.3 is 10.6 Å². The summed E-state index contributed by atoms with van der Waals surface area (Å²) in [6.45, 7) is 1.50. The highest BCUT2D eigenvalue weighted by Crippen LogP contribution is 2.43. The number of nitrogens with zero attached hydrogens (tertiary/aromatic N) is 5. The Bertz CT molecular complexity index is 534. The van der Waals surface area contributed by atoms with E-state index >= 15 is 0 Å². The number of carbonyl (C=O) groups excluding carboxylic acids is 1. The average Bonchev–Trinajstić information content (AvgIpc) is 3.08. The number of tetrazole rings is 1. The van der Waals surface area contributed by atoms with E-state index in [-0.39, 0.29) is 11.9 Å². The van der Waals surface area contributed by atoms with E-state index in [2.05, 4.69) is 15.5 Å². The Balaban J connectivity index is 1.58. The molecule has 0 radical (unpaired) electrons. The number of aromatic nitrogens is 4. The lowest BCUT2D eigenvalue weighted by Gasteiger charge is -2.38. The Hall–Kier alpha value is -1.50. The molecule has 120 valence electrons. The first kappa shape index (κ1) is 14.1. The molecule has 0 spiro atoms. The Kier molecular flexibility index (Phi) is 3.40. The molecule has 2 aliphatic carbocycles. The highest BCUT2D eigenvalue weighted by Gasteiger charge is 2.49. The fourth-order valence-electron chi connectivity index (χ4n) is 4.37. The Morgan fingerprint density at radius 2 is 1.95 bits per heavy atom. The van der Waals surface area contributed by atoms with E-state index in [4.69, 9.17) is 5.73 Å². The first-order chi connectivity index (χ1) is 10.7. The number of hydrogen-bond acceptors (Lipinski definition) is 5. The normalized spacial score (nSPS) is 31.4. The van der Waals surface area contributed by atoms with Gasteiger partial charge in [-0.15, -0.1) is 5.10 Å². The third-order valence-corrected chi connectivity index (χ3v) is 5.79. The predicted octanol–water partition coefficient (Wildman–Crippen LogP) is 0.528. The summed E-state index contributed by atoms with van der Waals surface area (Å²) < 4.78 is 1.70. The molecule has 1 amide bonds. The van der Waals surface area contributed by atoms with Crippen molar-refractivity contribution in [2.24, 2.45) is 17.6 Å². The summed E-state index contributed by atoms with van der Waals surface area (Å²) in [6, 6.07) is 0.131. The van der Waals surface area contributed by atoms with Crippen molar-refractivity contribution in [3.63, 3.8) is 0 Å². The van der Waals surface area contributed by atoms with E-state index in [0.717, 1.165) is 38.1 Å². The van der Waals surface area contributed by atoms with Gasteiger partial charge >= 0.3 is 0 Å². The van der Waals surface area contributed by atoms with Gasteiger partial charge in [0.1, 0.15) is 11.9 Å². The Morgan fingerprint density at radius 3 is 2.59 bits per heavy atom. The van der Waals surface area contributed by atoms with E-state index in [0.29, 0.717) is 12.5 Å².